The van der Waals surface area contributed by atoms with E-state index in [1.165, 1.54) is 0 Å². The van der Waals surface area contributed by atoms with Crippen LogP contribution in [0.15, 0.2) is 54.6 Å². The molecule has 172 valence electrons. The first kappa shape index (κ1) is 22.8. The third kappa shape index (κ3) is 4.98. The lowest BCUT2D eigenvalue weighted by molar-refractivity contribution is -0.134. The highest BCUT2D eigenvalue weighted by Crippen LogP contribution is 2.34. The van der Waals surface area contributed by atoms with E-state index in [0.29, 0.717) is 45.7 Å². The Labute approximate surface area is 190 Å². The molecule has 0 aliphatic carbocycles. The van der Waals surface area contributed by atoms with E-state index in [4.69, 9.17) is 5.11 Å². The Morgan fingerprint density at radius 1 is 0.906 bits per heavy atom. The minimum atomic E-state index is -3.43. The van der Waals surface area contributed by atoms with Gasteiger partial charge in [-0.3, -0.25) is 4.79 Å². The number of piperazine rings is 1. The molecule has 0 radical (unpaired) electrons. The van der Waals surface area contributed by atoms with E-state index in [2.05, 4.69) is 4.90 Å². The molecule has 1 atom stereocenters. The van der Waals surface area contributed by atoms with Gasteiger partial charge in [0.15, 0.2) is 0 Å². The van der Waals surface area contributed by atoms with E-state index < -0.39 is 21.9 Å². The largest absolute Gasteiger partial charge is 0.387 e. The zero-order chi connectivity index (χ0) is 22.6. The summed E-state index contributed by atoms with van der Waals surface area (Å²) in [4.78, 5) is 15.5. The first-order valence-corrected chi connectivity index (χ1v) is 12.8. The van der Waals surface area contributed by atoms with Crippen molar-refractivity contribution in [2.24, 2.45) is 0 Å². The van der Waals surface area contributed by atoms with Crippen molar-refractivity contribution < 1.29 is 18.3 Å². The van der Waals surface area contributed by atoms with Crippen LogP contribution in [0.5, 0.6) is 0 Å². The molecule has 2 aromatic rings. The van der Waals surface area contributed by atoms with Crippen molar-refractivity contribution >= 4 is 21.6 Å². The summed E-state index contributed by atoms with van der Waals surface area (Å²) >= 11 is 0. The van der Waals surface area contributed by atoms with Gasteiger partial charge < -0.3 is 14.9 Å². The number of sulfonamides is 1. The van der Waals surface area contributed by atoms with E-state index in [-0.39, 0.29) is 5.91 Å². The van der Waals surface area contributed by atoms with Crippen LogP contribution in [-0.4, -0.2) is 68.0 Å². The van der Waals surface area contributed by atoms with Gasteiger partial charge in [-0.25, -0.2) is 8.42 Å². The Balaban J connectivity index is 1.43. The fraction of sp³-hybridized carbons (Fsp3) is 0.458. The standard InChI is InChI=1S/C24H31N3O4S/c28-19-24(29)26-16-14-25(15-17-26)22-11-9-20(10-12-22)18-27-13-5-4-8-23(32(27,30)31)21-6-2-1-3-7-21/h1-3,6-7,9-12,23,28H,4-5,8,13-19H2/t23-/m0/s1. The number of aliphatic hydroxyl groups excluding tert-OH is 1. The minimum absolute atomic E-state index is 0.229. The number of anilines is 1. The summed E-state index contributed by atoms with van der Waals surface area (Å²) in [7, 11) is -3.43. The third-order valence-electron chi connectivity index (χ3n) is 6.44. The van der Waals surface area contributed by atoms with E-state index >= 15 is 0 Å². The van der Waals surface area contributed by atoms with E-state index in [1.807, 2.05) is 54.6 Å². The van der Waals surface area contributed by atoms with Crippen LogP contribution >= 0.6 is 0 Å². The number of carbonyl (C=O) groups is 1. The molecule has 7 nitrogen and oxygen atoms in total. The normalized spacial score (nSPS) is 21.8. The van der Waals surface area contributed by atoms with Gasteiger partial charge in [-0.2, -0.15) is 4.31 Å². The first-order valence-electron chi connectivity index (χ1n) is 11.3. The van der Waals surface area contributed by atoms with Crippen LogP contribution < -0.4 is 4.90 Å². The van der Waals surface area contributed by atoms with Crippen LogP contribution in [0.25, 0.3) is 0 Å². The number of benzene rings is 2. The summed E-state index contributed by atoms with van der Waals surface area (Å²) < 4.78 is 28.5. The molecule has 0 spiro atoms. The highest BCUT2D eigenvalue weighted by molar-refractivity contribution is 7.89. The quantitative estimate of drug-likeness (QED) is 0.746. The van der Waals surface area contributed by atoms with Gasteiger partial charge in [-0.15, -0.1) is 0 Å². The van der Waals surface area contributed by atoms with Crippen molar-refractivity contribution in [3.63, 3.8) is 0 Å². The molecule has 2 aliphatic rings. The Hall–Kier alpha value is -2.42. The fourth-order valence-electron chi connectivity index (χ4n) is 4.58. The van der Waals surface area contributed by atoms with Crippen molar-refractivity contribution in [2.45, 2.75) is 31.1 Å². The Kier molecular flexibility index (Phi) is 7.13. The number of hydrogen-bond acceptors (Lipinski definition) is 5. The summed E-state index contributed by atoms with van der Waals surface area (Å²) in [5.74, 6) is -0.229. The number of aliphatic hydroxyl groups is 1. The predicted octanol–water partition coefficient (Wildman–Crippen LogP) is 2.38. The molecule has 2 saturated heterocycles. The minimum Gasteiger partial charge on any atom is -0.387 e. The van der Waals surface area contributed by atoms with Gasteiger partial charge in [-0.05, 0) is 36.1 Å². The molecule has 32 heavy (non-hydrogen) atoms. The second-order valence-electron chi connectivity index (χ2n) is 8.47. The van der Waals surface area contributed by atoms with Gasteiger partial charge in [0.05, 0.1) is 0 Å². The fourth-order valence-corrected chi connectivity index (χ4v) is 6.62. The average molecular weight is 458 g/mol. The molecule has 0 aromatic heterocycles. The summed E-state index contributed by atoms with van der Waals surface area (Å²) in [6, 6.07) is 17.6. The maximum Gasteiger partial charge on any atom is 0.248 e. The van der Waals surface area contributed by atoms with Gasteiger partial charge in [0.1, 0.15) is 11.9 Å². The lowest BCUT2D eigenvalue weighted by atomic mass is 10.1. The molecule has 4 rings (SSSR count). The molecular formula is C24H31N3O4S. The van der Waals surface area contributed by atoms with Gasteiger partial charge in [-0.1, -0.05) is 48.9 Å². The molecule has 2 aromatic carbocycles. The number of hydrogen-bond donors (Lipinski definition) is 1. The van der Waals surface area contributed by atoms with E-state index in [1.54, 1.807) is 9.21 Å². The molecule has 1 amide bonds. The smallest absolute Gasteiger partial charge is 0.248 e. The van der Waals surface area contributed by atoms with Crippen LogP contribution in [0.2, 0.25) is 0 Å². The monoisotopic (exact) mass is 457 g/mol. The summed E-state index contributed by atoms with van der Waals surface area (Å²) in [5.41, 5.74) is 2.90. The summed E-state index contributed by atoms with van der Waals surface area (Å²) in [6.07, 6.45) is 2.43. The van der Waals surface area contributed by atoms with E-state index in [9.17, 15) is 13.2 Å². The molecule has 1 N–H and O–H groups in total. The SMILES string of the molecule is O=C(CO)N1CCN(c2ccc(CN3CCCC[C@@H](c4ccccc4)S3(=O)=O)cc2)CC1. The topological polar surface area (TPSA) is 81.2 Å². The Morgan fingerprint density at radius 2 is 1.59 bits per heavy atom. The lowest BCUT2D eigenvalue weighted by Crippen LogP contribution is -2.49. The molecule has 0 unspecified atom stereocenters. The van der Waals surface area contributed by atoms with Crippen LogP contribution in [0.3, 0.4) is 0 Å². The van der Waals surface area contributed by atoms with Crippen molar-refractivity contribution in [3.05, 3.63) is 65.7 Å². The highest BCUT2D eigenvalue weighted by atomic mass is 32.2. The second kappa shape index (κ2) is 10.0. The number of carbonyl (C=O) groups excluding carboxylic acids is 1. The van der Waals surface area contributed by atoms with Crippen LogP contribution in [0.1, 0.15) is 35.6 Å². The Bertz CT molecular complexity index is 1000. The van der Waals surface area contributed by atoms with Crippen molar-refractivity contribution in [3.8, 4) is 0 Å². The molecule has 2 heterocycles. The number of amides is 1. The van der Waals surface area contributed by atoms with E-state index in [0.717, 1.165) is 29.7 Å². The number of rotatable bonds is 5. The maximum atomic E-state index is 13.4. The predicted molar refractivity (Wildman–Crippen MR) is 125 cm³/mol. The van der Waals surface area contributed by atoms with Gasteiger partial charge in [0.25, 0.3) is 0 Å². The summed E-state index contributed by atoms with van der Waals surface area (Å²) in [6.45, 7) is 3.09. The lowest BCUT2D eigenvalue weighted by Gasteiger charge is -2.36. The van der Waals surface area contributed by atoms with Crippen molar-refractivity contribution in [1.29, 1.82) is 0 Å². The van der Waals surface area contributed by atoms with Crippen molar-refractivity contribution in [2.75, 3.05) is 44.2 Å². The van der Waals surface area contributed by atoms with Crippen LogP contribution in [0.4, 0.5) is 5.69 Å². The molecule has 0 saturated carbocycles. The third-order valence-corrected chi connectivity index (χ3v) is 8.70. The van der Waals surface area contributed by atoms with Crippen LogP contribution in [0, 0.1) is 0 Å². The second-order valence-corrected chi connectivity index (χ2v) is 10.6. The molecule has 2 aliphatic heterocycles. The summed E-state index contributed by atoms with van der Waals surface area (Å²) in [5, 5.41) is 8.54. The van der Waals surface area contributed by atoms with Crippen molar-refractivity contribution in [1.82, 2.24) is 9.21 Å². The zero-order valence-electron chi connectivity index (χ0n) is 18.3. The zero-order valence-corrected chi connectivity index (χ0v) is 19.1. The van der Waals surface area contributed by atoms with Crippen LogP contribution in [-0.2, 0) is 21.4 Å². The first-order chi connectivity index (χ1) is 15.5. The van der Waals surface area contributed by atoms with Gasteiger partial charge in [0, 0.05) is 45.0 Å². The van der Waals surface area contributed by atoms with Gasteiger partial charge in [0.2, 0.25) is 15.9 Å². The molecule has 0 bridgehead atoms. The molecular weight excluding hydrogens is 426 g/mol. The average Bonchev–Trinajstić information content (AvgIpc) is 2.97. The highest BCUT2D eigenvalue weighted by Gasteiger charge is 2.35. The molecule has 8 heteroatoms. The molecule has 2 fully saturated rings. The maximum absolute atomic E-state index is 13.4. The number of nitrogens with zero attached hydrogens (tertiary/aromatic N) is 3. The Morgan fingerprint density at radius 3 is 2.25 bits per heavy atom. The van der Waals surface area contributed by atoms with Gasteiger partial charge >= 0.3 is 0 Å².